The zero-order valence-corrected chi connectivity index (χ0v) is 14.6. The van der Waals surface area contributed by atoms with E-state index in [2.05, 4.69) is 5.10 Å². The molecular weight excluding hydrogens is 336 g/mol. The van der Waals surface area contributed by atoms with Crippen LogP contribution in [0.4, 0.5) is 0 Å². The second-order valence-corrected chi connectivity index (χ2v) is 6.71. The van der Waals surface area contributed by atoms with E-state index in [-0.39, 0.29) is 17.6 Å². The lowest BCUT2D eigenvalue weighted by molar-refractivity contribution is 0.0657. The van der Waals surface area contributed by atoms with Crippen molar-refractivity contribution >= 4 is 17.2 Å². The van der Waals surface area contributed by atoms with Crippen molar-refractivity contribution in [1.29, 1.82) is 0 Å². The van der Waals surface area contributed by atoms with Crippen LogP contribution in [-0.2, 0) is 13.1 Å². The van der Waals surface area contributed by atoms with Crippen LogP contribution in [0.2, 0.25) is 0 Å². The smallest absolute Gasteiger partial charge is 0.322 e. The van der Waals surface area contributed by atoms with Crippen molar-refractivity contribution in [3.63, 3.8) is 0 Å². The lowest BCUT2D eigenvalue weighted by Crippen LogP contribution is -2.44. The van der Waals surface area contributed by atoms with Crippen LogP contribution >= 0.6 is 11.3 Å². The van der Waals surface area contributed by atoms with Crippen molar-refractivity contribution in [2.45, 2.75) is 26.1 Å². The molecule has 1 aliphatic heterocycles. The largest absolute Gasteiger partial charge is 0.346 e. The summed E-state index contributed by atoms with van der Waals surface area (Å²) in [5.41, 5.74) is 1.53. The van der Waals surface area contributed by atoms with E-state index in [9.17, 15) is 9.59 Å². The molecule has 3 aromatic rings. The van der Waals surface area contributed by atoms with Gasteiger partial charge in [0.05, 0.1) is 5.56 Å². The maximum atomic E-state index is 13.0. The Labute approximate surface area is 148 Å². The molecule has 0 aliphatic carbocycles. The average molecular weight is 354 g/mol. The summed E-state index contributed by atoms with van der Waals surface area (Å²) >= 11 is 1.50. The first-order valence-corrected chi connectivity index (χ1v) is 9.20. The summed E-state index contributed by atoms with van der Waals surface area (Å²) < 4.78 is 3.16. The topological polar surface area (TPSA) is 60.1 Å². The van der Waals surface area contributed by atoms with Gasteiger partial charge in [-0.05, 0) is 23.9 Å². The third-order valence-corrected chi connectivity index (χ3v) is 5.20. The summed E-state index contributed by atoms with van der Waals surface area (Å²) in [7, 11) is 0. The molecule has 0 saturated carbocycles. The first-order chi connectivity index (χ1) is 12.2. The Morgan fingerprint density at radius 1 is 1.24 bits per heavy atom. The van der Waals surface area contributed by atoms with Crippen molar-refractivity contribution in [3.8, 4) is 0 Å². The van der Waals surface area contributed by atoms with Crippen LogP contribution in [-0.4, -0.2) is 31.7 Å². The molecular formula is C18H18N4O2S. The average Bonchev–Trinajstić information content (AvgIpc) is 3.29. The Morgan fingerprint density at radius 2 is 2.04 bits per heavy atom. The second-order valence-electron chi connectivity index (χ2n) is 5.93. The quantitative estimate of drug-likeness (QED) is 0.725. The minimum Gasteiger partial charge on any atom is -0.322 e. The van der Waals surface area contributed by atoms with Crippen LogP contribution < -0.4 is 5.69 Å². The summed E-state index contributed by atoms with van der Waals surface area (Å²) in [5.74, 6) is 0.604. The van der Waals surface area contributed by atoms with E-state index in [0.717, 1.165) is 5.56 Å². The molecule has 0 bridgehead atoms. The van der Waals surface area contributed by atoms with Gasteiger partial charge in [0.2, 0.25) is 0 Å². The molecule has 128 valence electrons. The minimum absolute atomic E-state index is 0.0279. The number of hydrogen-bond donors (Lipinski definition) is 0. The highest BCUT2D eigenvalue weighted by molar-refractivity contribution is 7.08. The molecule has 1 amide bonds. The summed E-state index contributed by atoms with van der Waals surface area (Å²) in [4.78, 5) is 27.3. The number of hydrogen-bond acceptors (Lipinski definition) is 4. The van der Waals surface area contributed by atoms with Crippen molar-refractivity contribution < 1.29 is 4.79 Å². The molecule has 1 aromatic carbocycles. The maximum absolute atomic E-state index is 13.0. The molecule has 0 saturated heterocycles. The van der Waals surface area contributed by atoms with Gasteiger partial charge in [-0.15, -0.1) is 0 Å². The molecule has 1 atom stereocenters. The van der Waals surface area contributed by atoms with Gasteiger partial charge < -0.3 is 4.90 Å². The van der Waals surface area contributed by atoms with Gasteiger partial charge in [-0.25, -0.2) is 9.48 Å². The van der Waals surface area contributed by atoms with Crippen LogP contribution in [0.1, 0.15) is 34.7 Å². The first kappa shape index (κ1) is 15.8. The van der Waals surface area contributed by atoms with Gasteiger partial charge in [-0.2, -0.15) is 16.4 Å². The number of aryl methyl sites for hydroxylation is 1. The van der Waals surface area contributed by atoms with Crippen LogP contribution in [0.25, 0.3) is 0 Å². The van der Waals surface area contributed by atoms with Gasteiger partial charge >= 0.3 is 5.69 Å². The van der Waals surface area contributed by atoms with E-state index in [1.54, 1.807) is 4.57 Å². The van der Waals surface area contributed by atoms with Gasteiger partial charge in [0.15, 0.2) is 5.82 Å². The monoisotopic (exact) mass is 354 g/mol. The number of carbonyl (C=O) groups excluding carboxylic acids is 1. The molecule has 2 aromatic heterocycles. The Balaban J connectivity index is 1.85. The molecule has 25 heavy (non-hydrogen) atoms. The van der Waals surface area contributed by atoms with E-state index in [4.69, 9.17) is 0 Å². The summed E-state index contributed by atoms with van der Waals surface area (Å²) in [5, 5.41) is 8.27. The second kappa shape index (κ2) is 6.33. The summed E-state index contributed by atoms with van der Waals surface area (Å²) in [6, 6.07) is 11.2. The van der Waals surface area contributed by atoms with Crippen molar-refractivity contribution in [2.24, 2.45) is 0 Å². The standard InChI is InChI=1S/C18H18N4O2S/c1-2-22-18(24)21-10-9-20(17(23)14-8-11-25-12-14)15(16(21)19-22)13-6-4-3-5-7-13/h3-8,11-12,15H,2,9-10H2,1H3. The third kappa shape index (κ3) is 2.60. The van der Waals surface area contributed by atoms with E-state index in [0.29, 0.717) is 31.0 Å². The van der Waals surface area contributed by atoms with E-state index < -0.39 is 0 Å². The Morgan fingerprint density at radius 3 is 2.72 bits per heavy atom. The summed E-state index contributed by atoms with van der Waals surface area (Å²) in [6.07, 6.45) is 0. The van der Waals surface area contributed by atoms with Gasteiger partial charge in [0.25, 0.3) is 5.91 Å². The Hall–Kier alpha value is -2.67. The first-order valence-electron chi connectivity index (χ1n) is 8.26. The van der Waals surface area contributed by atoms with E-state index in [1.165, 1.54) is 16.0 Å². The number of aromatic nitrogens is 3. The SMILES string of the molecule is CCn1nc2n(c1=O)CCN(C(=O)c1ccsc1)C2c1ccccc1. The van der Waals surface area contributed by atoms with Crippen molar-refractivity contribution in [2.75, 3.05) is 6.54 Å². The fourth-order valence-corrected chi connectivity index (χ4v) is 3.92. The highest BCUT2D eigenvalue weighted by Crippen LogP contribution is 2.31. The Kier molecular flexibility index (Phi) is 4.01. The fraction of sp³-hybridized carbons (Fsp3) is 0.278. The number of amides is 1. The molecule has 4 rings (SSSR count). The highest BCUT2D eigenvalue weighted by atomic mass is 32.1. The highest BCUT2D eigenvalue weighted by Gasteiger charge is 2.36. The number of thiophene rings is 1. The molecule has 6 nitrogen and oxygen atoms in total. The lowest BCUT2D eigenvalue weighted by atomic mass is 10.0. The lowest BCUT2D eigenvalue weighted by Gasteiger charge is -2.35. The molecule has 7 heteroatoms. The third-order valence-electron chi connectivity index (χ3n) is 4.52. The van der Waals surface area contributed by atoms with E-state index >= 15 is 0 Å². The molecule has 0 N–H and O–H groups in total. The summed E-state index contributed by atoms with van der Waals surface area (Å²) in [6.45, 7) is 3.36. The van der Waals surface area contributed by atoms with Gasteiger partial charge in [-0.1, -0.05) is 30.3 Å². The molecule has 1 unspecified atom stereocenters. The number of rotatable bonds is 3. The normalized spacial score (nSPS) is 16.7. The maximum Gasteiger partial charge on any atom is 0.346 e. The molecule has 3 heterocycles. The number of nitrogens with zero attached hydrogens (tertiary/aromatic N) is 4. The fourth-order valence-electron chi connectivity index (χ4n) is 3.29. The van der Waals surface area contributed by atoms with Crippen LogP contribution in [0, 0.1) is 0 Å². The van der Waals surface area contributed by atoms with Gasteiger partial charge in [-0.3, -0.25) is 9.36 Å². The zero-order valence-electron chi connectivity index (χ0n) is 13.8. The van der Waals surface area contributed by atoms with Crippen molar-refractivity contribution in [1.82, 2.24) is 19.2 Å². The van der Waals surface area contributed by atoms with Crippen LogP contribution in [0.3, 0.4) is 0 Å². The van der Waals surface area contributed by atoms with Crippen LogP contribution in [0.15, 0.2) is 52.0 Å². The molecule has 1 aliphatic rings. The van der Waals surface area contributed by atoms with Gasteiger partial charge in [0, 0.05) is 25.0 Å². The molecule has 0 spiro atoms. The van der Waals surface area contributed by atoms with E-state index in [1.807, 2.05) is 59.0 Å². The predicted octanol–water partition coefficient (Wildman–Crippen LogP) is 2.37. The predicted molar refractivity (Wildman–Crippen MR) is 95.8 cm³/mol. The van der Waals surface area contributed by atoms with Gasteiger partial charge in [0.1, 0.15) is 6.04 Å². The Bertz CT molecular complexity index is 943. The zero-order chi connectivity index (χ0) is 17.4. The van der Waals surface area contributed by atoms with Crippen molar-refractivity contribution in [3.05, 3.63) is 74.6 Å². The molecule has 0 fully saturated rings. The minimum atomic E-state index is -0.358. The number of fused-ring (bicyclic) bond motifs is 1. The van der Waals surface area contributed by atoms with Crippen LogP contribution in [0.5, 0.6) is 0 Å². The molecule has 0 radical (unpaired) electrons. The number of benzene rings is 1. The number of carbonyl (C=O) groups is 1.